The lowest BCUT2D eigenvalue weighted by molar-refractivity contribution is -0.127. The molecule has 2 bridgehead atoms. The van der Waals surface area contributed by atoms with Crippen molar-refractivity contribution in [1.29, 1.82) is 0 Å². The second-order valence-electron chi connectivity index (χ2n) is 11.0. The number of likely N-dealkylation sites (N-methyl/N-ethyl adjacent to an activating group) is 1. The van der Waals surface area contributed by atoms with Crippen LogP contribution in [0.2, 0.25) is 0 Å². The van der Waals surface area contributed by atoms with Crippen molar-refractivity contribution in [2.24, 2.45) is 0 Å². The van der Waals surface area contributed by atoms with Gasteiger partial charge in [-0.2, -0.15) is 0 Å². The number of piperazine rings is 1. The van der Waals surface area contributed by atoms with Crippen LogP contribution in [-0.4, -0.2) is 88.4 Å². The van der Waals surface area contributed by atoms with E-state index in [1.807, 2.05) is 54.6 Å². The summed E-state index contributed by atoms with van der Waals surface area (Å²) in [6, 6.07) is 20.1. The number of carbonyl (C=O) groups excluding carboxylic acids is 1. The second kappa shape index (κ2) is 13.5. The maximum absolute atomic E-state index is 14.1. The summed E-state index contributed by atoms with van der Waals surface area (Å²) in [5, 5.41) is 19.9. The molecule has 0 saturated carbocycles. The van der Waals surface area contributed by atoms with E-state index in [-0.39, 0.29) is 31.2 Å². The van der Waals surface area contributed by atoms with Crippen LogP contribution in [0.1, 0.15) is 23.1 Å². The van der Waals surface area contributed by atoms with Crippen LogP contribution in [-0.2, 0) is 17.6 Å². The highest BCUT2D eigenvalue weighted by Crippen LogP contribution is 2.39. The van der Waals surface area contributed by atoms with E-state index in [9.17, 15) is 29.0 Å². The molecule has 0 unspecified atom stereocenters. The molecule has 5 rings (SSSR count). The van der Waals surface area contributed by atoms with Crippen LogP contribution in [0.5, 0.6) is 5.75 Å². The fourth-order valence-corrected chi connectivity index (χ4v) is 6.25. The first-order chi connectivity index (χ1) is 21.1. The second-order valence-corrected chi connectivity index (χ2v) is 11.8. The van der Waals surface area contributed by atoms with Gasteiger partial charge in [0.05, 0.1) is 23.2 Å². The number of fused-ring (bicyclic) bond motifs is 2. The van der Waals surface area contributed by atoms with Gasteiger partial charge in [-0.25, -0.2) is 14.0 Å². The molecule has 2 aliphatic heterocycles. The number of rotatable bonds is 9. The van der Waals surface area contributed by atoms with Crippen molar-refractivity contribution in [3.05, 3.63) is 105 Å². The summed E-state index contributed by atoms with van der Waals surface area (Å²) in [6.45, 7) is 0.632. The van der Waals surface area contributed by atoms with E-state index >= 15 is 0 Å². The fraction of sp³-hybridized carbons (Fsp3) is 0.303. The summed E-state index contributed by atoms with van der Waals surface area (Å²) in [4.78, 5) is 42.5. The van der Waals surface area contributed by atoms with Crippen molar-refractivity contribution in [2.45, 2.75) is 31.3 Å². The smallest absolute Gasteiger partial charge is 0.408 e. The number of amides is 3. The average Bonchev–Trinajstić information content (AvgIpc) is 3.01. The maximum atomic E-state index is 14.1. The van der Waals surface area contributed by atoms with E-state index in [0.29, 0.717) is 41.8 Å². The Morgan fingerprint density at radius 3 is 2.34 bits per heavy atom. The lowest BCUT2D eigenvalue weighted by Gasteiger charge is -2.49. The van der Waals surface area contributed by atoms with Gasteiger partial charge < -0.3 is 24.7 Å². The largest absolute Gasteiger partial charge is 0.492 e. The van der Waals surface area contributed by atoms with E-state index in [2.05, 4.69) is 15.9 Å². The minimum Gasteiger partial charge on any atom is -0.492 e. The molecule has 0 spiro atoms. The Morgan fingerprint density at radius 2 is 1.66 bits per heavy atom. The predicted molar refractivity (Wildman–Crippen MR) is 166 cm³/mol. The normalized spacial score (nSPS) is 17.8. The molecule has 3 amide bonds. The minimum absolute atomic E-state index is 0.0258. The molecule has 2 atom stereocenters. The van der Waals surface area contributed by atoms with Crippen LogP contribution in [0.3, 0.4) is 0 Å². The first kappa shape index (κ1) is 31.1. The molecule has 44 heavy (non-hydrogen) atoms. The summed E-state index contributed by atoms with van der Waals surface area (Å²) < 4.78 is 20.0. The topological polar surface area (TPSA) is 111 Å². The number of hydrogen-bond donors (Lipinski definition) is 2. The SMILES string of the molecule is CN(CCc1ccccc1)C(=O)C1=C(c2ccc(CCOc3cc(F)ccc3Br)cc2)C[C@@H]2CN(C(=O)O)C[C@H]1N2C(=O)O. The first-order valence-corrected chi connectivity index (χ1v) is 15.1. The molecular weight excluding hydrogens is 633 g/mol. The summed E-state index contributed by atoms with van der Waals surface area (Å²) >= 11 is 3.36. The van der Waals surface area contributed by atoms with E-state index in [0.717, 1.165) is 22.3 Å². The molecule has 0 aliphatic carbocycles. The van der Waals surface area contributed by atoms with Gasteiger partial charge in [0.25, 0.3) is 5.91 Å². The van der Waals surface area contributed by atoms with Crippen molar-refractivity contribution in [3.8, 4) is 5.75 Å². The minimum atomic E-state index is -1.18. The highest BCUT2D eigenvalue weighted by molar-refractivity contribution is 9.10. The van der Waals surface area contributed by atoms with Crippen LogP contribution in [0, 0.1) is 5.82 Å². The maximum Gasteiger partial charge on any atom is 0.408 e. The Bertz CT molecular complexity index is 1570. The third kappa shape index (κ3) is 6.88. The Labute approximate surface area is 263 Å². The predicted octanol–water partition coefficient (Wildman–Crippen LogP) is 5.78. The number of carbonyl (C=O) groups is 3. The monoisotopic (exact) mass is 665 g/mol. The molecule has 2 heterocycles. The third-order valence-corrected chi connectivity index (χ3v) is 8.80. The van der Waals surface area contributed by atoms with Crippen LogP contribution >= 0.6 is 15.9 Å². The first-order valence-electron chi connectivity index (χ1n) is 14.3. The molecule has 230 valence electrons. The summed E-state index contributed by atoms with van der Waals surface area (Å²) in [6.07, 6.45) is -0.944. The number of nitrogens with zero attached hydrogens (tertiary/aromatic N) is 3. The average molecular weight is 667 g/mol. The molecule has 2 aliphatic rings. The Hall–Kier alpha value is -4.38. The number of hydrogen-bond acceptors (Lipinski definition) is 4. The third-order valence-electron chi connectivity index (χ3n) is 8.14. The highest BCUT2D eigenvalue weighted by atomic mass is 79.9. The summed E-state index contributed by atoms with van der Waals surface area (Å²) in [7, 11) is 1.69. The van der Waals surface area contributed by atoms with E-state index in [1.54, 1.807) is 18.0 Å². The molecule has 0 radical (unpaired) electrons. The molecule has 1 saturated heterocycles. The van der Waals surface area contributed by atoms with Gasteiger partial charge in [0, 0.05) is 44.7 Å². The van der Waals surface area contributed by atoms with Gasteiger partial charge >= 0.3 is 12.2 Å². The van der Waals surface area contributed by atoms with Gasteiger partial charge in [-0.3, -0.25) is 9.69 Å². The van der Waals surface area contributed by atoms with Crippen LogP contribution < -0.4 is 4.74 Å². The summed E-state index contributed by atoms with van der Waals surface area (Å²) in [5.41, 5.74) is 3.85. The van der Waals surface area contributed by atoms with Crippen LogP contribution in [0.4, 0.5) is 14.0 Å². The Balaban J connectivity index is 1.42. The van der Waals surface area contributed by atoms with Crippen molar-refractivity contribution < 1.29 is 33.7 Å². The molecule has 1 fully saturated rings. The van der Waals surface area contributed by atoms with Gasteiger partial charge in [0.2, 0.25) is 0 Å². The van der Waals surface area contributed by atoms with Gasteiger partial charge in [0.1, 0.15) is 11.6 Å². The highest BCUT2D eigenvalue weighted by Gasteiger charge is 2.48. The Morgan fingerprint density at radius 1 is 0.955 bits per heavy atom. The molecule has 9 nitrogen and oxygen atoms in total. The van der Waals surface area contributed by atoms with E-state index in [4.69, 9.17) is 4.74 Å². The molecule has 3 aromatic carbocycles. The fourth-order valence-electron chi connectivity index (χ4n) is 5.89. The zero-order chi connectivity index (χ0) is 31.4. The molecular formula is C33H33BrFN3O6. The number of halogens is 2. The molecule has 3 aromatic rings. The van der Waals surface area contributed by atoms with Crippen molar-refractivity contribution in [1.82, 2.24) is 14.7 Å². The zero-order valence-electron chi connectivity index (χ0n) is 24.2. The van der Waals surface area contributed by atoms with Crippen molar-refractivity contribution >= 4 is 39.6 Å². The quantitative estimate of drug-likeness (QED) is 0.300. The van der Waals surface area contributed by atoms with Gasteiger partial charge in [-0.1, -0.05) is 54.6 Å². The number of ether oxygens (including phenoxy) is 1. The lowest BCUT2D eigenvalue weighted by atomic mass is 9.81. The van der Waals surface area contributed by atoms with Crippen molar-refractivity contribution in [3.63, 3.8) is 0 Å². The molecule has 0 aromatic heterocycles. The zero-order valence-corrected chi connectivity index (χ0v) is 25.7. The molecule has 2 N–H and O–H groups in total. The van der Waals surface area contributed by atoms with Crippen LogP contribution in [0.25, 0.3) is 5.57 Å². The van der Waals surface area contributed by atoms with Crippen LogP contribution in [0.15, 0.2) is 82.8 Å². The Kier molecular flexibility index (Phi) is 9.53. The van der Waals surface area contributed by atoms with Crippen molar-refractivity contribution in [2.75, 3.05) is 33.3 Å². The van der Waals surface area contributed by atoms with Gasteiger partial charge in [0.15, 0.2) is 0 Å². The lowest BCUT2D eigenvalue weighted by Crippen LogP contribution is -2.64. The summed E-state index contributed by atoms with van der Waals surface area (Å²) in [5.74, 6) is -0.295. The number of carboxylic acid groups (broad SMARTS) is 2. The molecule has 11 heteroatoms. The van der Waals surface area contributed by atoms with Gasteiger partial charge in [-0.15, -0.1) is 0 Å². The standard InChI is InChI=1S/C33H33BrFN3O6/c1-36(15-13-21-5-3-2-4-6-21)31(39)30-26(18-25-19-37(32(40)41)20-28(30)38(25)33(42)43)23-9-7-22(8-10-23)14-16-44-29-17-24(35)11-12-27(29)34/h2-12,17,25,28H,13-16,18-20H2,1H3,(H,40,41)(H,42,43)/t25-,28-/m1/s1. The number of benzene rings is 3. The van der Waals surface area contributed by atoms with E-state index in [1.165, 1.54) is 21.9 Å². The van der Waals surface area contributed by atoms with E-state index < -0.39 is 24.3 Å². The van der Waals surface area contributed by atoms with Gasteiger partial charge in [-0.05, 0) is 63.2 Å².